The molecule has 2 aromatic heterocycles. The molecule has 0 aliphatic carbocycles. The zero-order valence-electron chi connectivity index (χ0n) is 11.6. The van der Waals surface area contributed by atoms with E-state index in [1.54, 1.807) is 17.5 Å². The number of thiophene rings is 1. The molecule has 0 fully saturated rings. The molecule has 0 spiro atoms. The van der Waals surface area contributed by atoms with Crippen molar-refractivity contribution in [1.29, 1.82) is 0 Å². The van der Waals surface area contributed by atoms with Gasteiger partial charge in [0, 0.05) is 17.1 Å². The fourth-order valence-electron chi connectivity index (χ4n) is 1.79. The Bertz CT molecular complexity index is 529. The minimum absolute atomic E-state index is 0.0156. The molecule has 0 aliphatic heterocycles. The number of aromatic nitrogens is 2. The van der Waals surface area contributed by atoms with E-state index in [0.29, 0.717) is 13.1 Å². The lowest BCUT2D eigenvalue weighted by molar-refractivity contribution is -0.122. The fraction of sp³-hybridized carbons (Fsp3) is 0.357. The van der Waals surface area contributed by atoms with Gasteiger partial charge in [0.1, 0.15) is 6.33 Å². The number of amides is 1. The van der Waals surface area contributed by atoms with Gasteiger partial charge in [0.05, 0.1) is 18.8 Å². The average molecular weight is 290 g/mol. The second kappa shape index (κ2) is 7.12. The summed E-state index contributed by atoms with van der Waals surface area (Å²) in [5, 5.41) is 4.92. The third-order valence-electron chi connectivity index (χ3n) is 3.13. The average Bonchev–Trinajstić information content (AvgIpc) is 2.98. The molecule has 0 aromatic carbocycles. The van der Waals surface area contributed by atoms with Crippen LogP contribution in [-0.2, 0) is 11.3 Å². The Hall–Kier alpha value is -1.79. The summed E-state index contributed by atoms with van der Waals surface area (Å²) in [7, 11) is 1.91. The van der Waals surface area contributed by atoms with Crippen LogP contribution < -0.4 is 5.32 Å². The van der Waals surface area contributed by atoms with E-state index in [9.17, 15) is 4.79 Å². The Kier molecular flexibility index (Phi) is 5.20. The van der Waals surface area contributed by atoms with Crippen LogP contribution in [-0.4, -0.2) is 34.4 Å². The van der Waals surface area contributed by atoms with Crippen molar-refractivity contribution in [2.24, 2.45) is 0 Å². The van der Waals surface area contributed by atoms with Crippen molar-refractivity contribution < 1.29 is 4.79 Å². The van der Waals surface area contributed by atoms with Gasteiger partial charge in [0.25, 0.3) is 0 Å². The molecule has 0 bridgehead atoms. The van der Waals surface area contributed by atoms with E-state index < -0.39 is 0 Å². The first-order chi connectivity index (χ1) is 9.66. The number of hydrogen-bond donors (Lipinski definition) is 1. The molecule has 0 radical (unpaired) electrons. The van der Waals surface area contributed by atoms with Gasteiger partial charge >= 0.3 is 0 Å². The first-order valence-corrected chi connectivity index (χ1v) is 7.30. The Labute approximate surface area is 122 Å². The molecular weight excluding hydrogens is 272 g/mol. The largest absolute Gasteiger partial charge is 0.350 e. The topological polar surface area (TPSA) is 58.1 Å². The molecule has 1 N–H and O–H groups in total. The fourth-order valence-corrected chi connectivity index (χ4v) is 2.44. The maximum Gasteiger partial charge on any atom is 0.234 e. The van der Waals surface area contributed by atoms with Crippen LogP contribution in [0.3, 0.4) is 0 Å². The van der Waals surface area contributed by atoms with Gasteiger partial charge in [0.2, 0.25) is 5.91 Å². The summed E-state index contributed by atoms with van der Waals surface area (Å²) < 4.78 is 0. The van der Waals surface area contributed by atoms with Crippen LogP contribution in [0.15, 0.2) is 36.1 Å². The van der Waals surface area contributed by atoms with Crippen LogP contribution in [0.25, 0.3) is 0 Å². The van der Waals surface area contributed by atoms with E-state index in [0.717, 1.165) is 10.6 Å². The maximum absolute atomic E-state index is 11.9. The Morgan fingerprint density at radius 3 is 3.00 bits per heavy atom. The van der Waals surface area contributed by atoms with E-state index in [-0.39, 0.29) is 11.9 Å². The summed E-state index contributed by atoms with van der Waals surface area (Å²) in [6, 6.07) is 5.93. The lowest BCUT2D eigenvalue weighted by atomic mass is 10.2. The number of hydrogen-bond acceptors (Lipinski definition) is 5. The molecule has 106 valence electrons. The van der Waals surface area contributed by atoms with Crippen molar-refractivity contribution in [2.75, 3.05) is 13.6 Å². The number of nitrogens with zero attached hydrogens (tertiary/aromatic N) is 3. The van der Waals surface area contributed by atoms with Crippen LogP contribution in [0.4, 0.5) is 0 Å². The molecule has 2 heterocycles. The van der Waals surface area contributed by atoms with Crippen molar-refractivity contribution in [3.05, 3.63) is 46.7 Å². The molecular formula is C14H18N4OS. The number of nitrogens with one attached hydrogen (secondary N) is 1. The van der Waals surface area contributed by atoms with E-state index in [2.05, 4.69) is 15.3 Å². The Morgan fingerprint density at radius 1 is 1.50 bits per heavy atom. The molecule has 2 rings (SSSR count). The van der Waals surface area contributed by atoms with Gasteiger partial charge in [-0.25, -0.2) is 9.97 Å². The Balaban J connectivity index is 1.81. The van der Waals surface area contributed by atoms with Crippen molar-refractivity contribution >= 4 is 17.2 Å². The van der Waals surface area contributed by atoms with E-state index >= 15 is 0 Å². The van der Waals surface area contributed by atoms with Crippen molar-refractivity contribution in [3.63, 3.8) is 0 Å². The van der Waals surface area contributed by atoms with Crippen LogP contribution in [0.2, 0.25) is 0 Å². The van der Waals surface area contributed by atoms with Crippen molar-refractivity contribution in [2.45, 2.75) is 19.5 Å². The SMILES string of the molecule is C[C@@H](c1ccncn1)N(C)CC(=O)NCc1cccs1. The third kappa shape index (κ3) is 4.11. The molecule has 5 nitrogen and oxygen atoms in total. The summed E-state index contributed by atoms with van der Waals surface area (Å²) in [4.78, 5) is 23.1. The van der Waals surface area contributed by atoms with Crippen molar-refractivity contribution in [1.82, 2.24) is 20.2 Å². The standard InChI is InChI=1S/C14H18N4OS/c1-11(13-5-6-15-10-17-13)18(2)9-14(19)16-8-12-4-3-7-20-12/h3-7,10-11H,8-9H2,1-2H3,(H,16,19)/t11-/m0/s1. The highest BCUT2D eigenvalue weighted by Gasteiger charge is 2.15. The molecule has 0 unspecified atom stereocenters. The van der Waals surface area contributed by atoms with Gasteiger partial charge in [-0.15, -0.1) is 11.3 Å². The molecule has 0 saturated heterocycles. The number of carbonyl (C=O) groups excluding carboxylic acids is 1. The molecule has 0 aliphatic rings. The van der Waals surface area contributed by atoms with Gasteiger partial charge in [-0.05, 0) is 31.5 Å². The second-order valence-corrected chi connectivity index (χ2v) is 5.61. The van der Waals surface area contributed by atoms with Gasteiger partial charge in [-0.1, -0.05) is 6.07 Å². The lowest BCUT2D eigenvalue weighted by Crippen LogP contribution is -2.36. The highest BCUT2D eigenvalue weighted by molar-refractivity contribution is 7.09. The minimum atomic E-state index is 0.0156. The van der Waals surface area contributed by atoms with Gasteiger partial charge in [-0.2, -0.15) is 0 Å². The third-order valence-corrected chi connectivity index (χ3v) is 4.00. The van der Waals surface area contributed by atoms with Crippen LogP contribution in [0.5, 0.6) is 0 Å². The summed E-state index contributed by atoms with van der Waals surface area (Å²) in [6.07, 6.45) is 3.24. The van der Waals surface area contributed by atoms with Gasteiger partial charge in [0.15, 0.2) is 0 Å². The lowest BCUT2D eigenvalue weighted by Gasteiger charge is -2.23. The predicted octanol–water partition coefficient (Wildman–Crippen LogP) is 1.85. The number of carbonyl (C=O) groups is 1. The zero-order valence-corrected chi connectivity index (χ0v) is 12.4. The Morgan fingerprint density at radius 2 is 2.35 bits per heavy atom. The molecule has 20 heavy (non-hydrogen) atoms. The highest BCUT2D eigenvalue weighted by Crippen LogP contribution is 2.14. The molecule has 0 saturated carbocycles. The summed E-state index contributed by atoms with van der Waals surface area (Å²) in [5.74, 6) is 0.0156. The van der Waals surface area contributed by atoms with Crippen LogP contribution in [0.1, 0.15) is 23.5 Å². The van der Waals surface area contributed by atoms with Gasteiger partial charge < -0.3 is 5.32 Å². The molecule has 2 aromatic rings. The zero-order chi connectivity index (χ0) is 14.4. The number of likely N-dealkylation sites (N-methyl/N-ethyl adjacent to an activating group) is 1. The highest BCUT2D eigenvalue weighted by atomic mass is 32.1. The number of rotatable bonds is 6. The molecule has 1 amide bonds. The minimum Gasteiger partial charge on any atom is -0.350 e. The quantitative estimate of drug-likeness (QED) is 0.882. The van der Waals surface area contributed by atoms with E-state index in [1.165, 1.54) is 6.33 Å². The first-order valence-electron chi connectivity index (χ1n) is 6.42. The first kappa shape index (κ1) is 14.6. The monoisotopic (exact) mass is 290 g/mol. The van der Waals surface area contributed by atoms with E-state index in [1.807, 2.05) is 42.5 Å². The van der Waals surface area contributed by atoms with Crippen LogP contribution >= 0.6 is 11.3 Å². The molecule has 1 atom stereocenters. The van der Waals surface area contributed by atoms with Crippen LogP contribution in [0, 0.1) is 0 Å². The molecule has 6 heteroatoms. The predicted molar refractivity (Wildman–Crippen MR) is 79.2 cm³/mol. The summed E-state index contributed by atoms with van der Waals surface area (Å²) in [6.45, 7) is 2.96. The summed E-state index contributed by atoms with van der Waals surface area (Å²) in [5.41, 5.74) is 0.911. The smallest absolute Gasteiger partial charge is 0.234 e. The summed E-state index contributed by atoms with van der Waals surface area (Å²) >= 11 is 1.64. The second-order valence-electron chi connectivity index (χ2n) is 4.58. The maximum atomic E-state index is 11.9. The van der Waals surface area contributed by atoms with Gasteiger partial charge in [-0.3, -0.25) is 9.69 Å². The normalized spacial score (nSPS) is 12.3. The van der Waals surface area contributed by atoms with Crippen molar-refractivity contribution in [3.8, 4) is 0 Å². The van der Waals surface area contributed by atoms with E-state index in [4.69, 9.17) is 0 Å².